The molecule has 25 heavy (non-hydrogen) atoms. The fraction of sp³-hybridized carbons (Fsp3) is 0. The van der Waals surface area contributed by atoms with Crippen LogP contribution < -0.4 is 10.1 Å². The maximum Gasteiger partial charge on any atom is 0.343 e. The van der Waals surface area contributed by atoms with Crippen molar-refractivity contribution in [2.24, 2.45) is 0 Å². The number of rotatable bonds is 3. The smallest absolute Gasteiger partial charge is 0.343 e. The topological polar surface area (TPSA) is 72.5 Å². The number of thioether (sulfide) groups is 1. The van der Waals surface area contributed by atoms with Gasteiger partial charge >= 0.3 is 5.97 Å². The van der Waals surface area contributed by atoms with Crippen molar-refractivity contribution in [3.05, 3.63) is 68.5 Å². The maximum absolute atomic E-state index is 12.3. The molecule has 5 nitrogen and oxygen atoms in total. The number of nitrogens with one attached hydrogen (secondary N) is 1. The van der Waals surface area contributed by atoms with Crippen LogP contribution in [0.25, 0.3) is 6.08 Å². The molecule has 1 saturated heterocycles. The monoisotopic (exact) mass is 393 g/mol. The Morgan fingerprint density at radius 2 is 1.72 bits per heavy atom. The standard InChI is InChI=1S/C17H9Cl2NO4S/c18-11-3-1-9(2-4-11)16(22)24-13-6-5-12(19)7-10(13)8-14-15(21)20-17(23)25-14/h1-8H,(H,20,21,23)/b14-8-. The molecule has 8 heteroatoms. The molecule has 0 spiro atoms. The summed E-state index contributed by atoms with van der Waals surface area (Å²) in [7, 11) is 0. The van der Waals surface area contributed by atoms with Crippen molar-refractivity contribution in [3.63, 3.8) is 0 Å². The van der Waals surface area contributed by atoms with Crippen LogP contribution in [0.5, 0.6) is 5.75 Å². The Bertz CT molecular complexity index is 909. The number of carbonyl (C=O) groups excluding carboxylic acids is 3. The van der Waals surface area contributed by atoms with Crippen molar-refractivity contribution >= 4 is 58.2 Å². The van der Waals surface area contributed by atoms with Crippen molar-refractivity contribution in [2.45, 2.75) is 0 Å². The maximum atomic E-state index is 12.3. The average Bonchev–Trinajstić information content (AvgIpc) is 2.88. The first kappa shape index (κ1) is 17.5. The van der Waals surface area contributed by atoms with Crippen LogP contribution in [-0.2, 0) is 4.79 Å². The fourth-order valence-corrected chi connectivity index (χ4v) is 3.01. The van der Waals surface area contributed by atoms with Crippen LogP contribution in [0, 0.1) is 0 Å². The van der Waals surface area contributed by atoms with Crippen LogP contribution in [0.1, 0.15) is 15.9 Å². The highest BCUT2D eigenvalue weighted by atomic mass is 35.5. The van der Waals surface area contributed by atoms with Gasteiger partial charge in [-0.1, -0.05) is 23.2 Å². The molecule has 2 amide bonds. The Hall–Kier alpha value is -2.28. The number of imide groups is 1. The van der Waals surface area contributed by atoms with Crippen molar-refractivity contribution in [3.8, 4) is 5.75 Å². The zero-order chi connectivity index (χ0) is 18.0. The highest BCUT2D eigenvalue weighted by Gasteiger charge is 2.25. The highest BCUT2D eigenvalue weighted by Crippen LogP contribution is 2.31. The van der Waals surface area contributed by atoms with Crippen LogP contribution in [0.2, 0.25) is 10.0 Å². The van der Waals surface area contributed by atoms with Gasteiger partial charge in [-0.2, -0.15) is 0 Å². The van der Waals surface area contributed by atoms with E-state index in [1.54, 1.807) is 18.2 Å². The van der Waals surface area contributed by atoms with Gasteiger partial charge in [0.25, 0.3) is 11.1 Å². The molecule has 0 aliphatic carbocycles. The second-order valence-electron chi connectivity index (χ2n) is 4.93. The van der Waals surface area contributed by atoms with Gasteiger partial charge in [0.15, 0.2) is 0 Å². The summed E-state index contributed by atoms with van der Waals surface area (Å²) >= 11 is 12.5. The number of amides is 2. The minimum atomic E-state index is -0.585. The molecule has 1 heterocycles. The molecule has 0 radical (unpaired) electrons. The van der Waals surface area contributed by atoms with Gasteiger partial charge in [0.05, 0.1) is 10.5 Å². The van der Waals surface area contributed by atoms with Crippen molar-refractivity contribution in [1.82, 2.24) is 5.32 Å². The molecule has 0 bridgehead atoms. The Balaban J connectivity index is 1.90. The van der Waals surface area contributed by atoms with Gasteiger partial charge in [0.1, 0.15) is 5.75 Å². The van der Waals surface area contributed by atoms with Crippen molar-refractivity contribution in [2.75, 3.05) is 0 Å². The Kier molecular flexibility index (Phi) is 5.13. The largest absolute Gasteiger partial charge is 0.422 e. The molecule has 1 aliphatic rings. The Morgan fingerprint density at radius 3 is 2.36 bits per heavy atom. The first-order valence-electron chi connectivity index (χ1n) is 6.94. The van der Waals surface area contributed by atoms with Gasteiger partial charge in [0.2, 0.25) is 0 Å². The molecule has 2 aromatic rings. The van der Waals surface area contributed by atoms with Gasteiger partial charge in [-0.15, -0.1) is 0 Å². The lowest BCUT2D eigenvalue weighted by molar-refractivity contribution is -0.115. The third-order valence-corrected chi connectivity index (χ3v) is 4.48. The quantitative estimate of drug-likeness (QED) is 0.470. The van der Waals surface area contributed by atoms with E-state index in [-0.39, 0.29) is 10.7 Å². The van der Waals surface area contributed by atoms with E-state index in [1.807, 2.05) is 0 Å². The van der Waals surface area contributed by atoms with Crippen LogP contribution in [0.3, 0.4) is 0 Å². The second kappa shape index (κ2) is 7.31. The predicted octanol–water partition coefficient (Wildman–Crippen LogP) is 4.54. The number of hydrogen-bond acceptors (Lipinski definition) is 5. The molecule has 0 unspecified atom stereocenters. The van der Waals surface area contributed by atoms with Gasteiger partial charge in [-0.3, -0.25) is 14.9 Å². The lowest BCUT2D eigenvalue weighted by atomic mass is 10.1. The van der Waals surface area contributed by atoms with Gasteiger partial charge in [-0.25, -0.2) is 4.79 Å². The molecular weight excluding hydrogens is 385 g/mol. The third kappa shape index (κ3) is 4.22. The zero-order valence-electron chi connectivity index (χ0n) is 12.4. The summed E-state index contributed by atoms with van der Waals surface area (Å²) in [5.41, 5.74) is 0.725. The van der Waals surface area contributed by atoms with Gasteiger partial charge in [-0.05, 0) is 60.3 Å². The molecule has 0 aromatic heterocycles. The van der Waals surface area contributed by atoms with Gasteiger partial charge < -0.3 is 4.74 Å². The predicted molar refractivity (Wildman–Crippen MR) is 97.0 cm³/mol. The highest BCUT2D eigenvalue weighted by molar-refractivity contribution is 8.18. The van der Waals surface area contributed by atoms with E-state index in [0.717, 1.165) is 11.8 Å². The van der Waals surface area contributed by atoms with E-state index in [1.165, 1.54) is 30.3 Å². The third-order valence-electron chi connectivity index (χ3n) is 3.18. The van der Waals surface area contributed by atoms with E-state index >= 15 is 0 Å². The first-order valence-corrected chi connectivity index (χ1v) is 8.52. The molecular formula is C17H9Cl2NO4S. The normalized spacial score (nSPS) is 15.4. The molecule has 1 fully saturated rings. The molecule has 1 N–H and O–H groups in total. The van der Waals surface area contributed by atoms with E-state index in [4.69, 9.17) is 27.9 Å². The summed E-state index contributed by atoms with van der Waals surface area (Å²) in [4.78, 5) is 35.4. The number of benzene rings is 2. The summed E-state index contributed by atoms with van der Waals surface area (Å²) < 4.78 is 5.39. The number of esters is 1. The number of ether oxygens (including phenoxy) is 1. The van der Waals surface area contributed by atoms with E-state index in [9.17, 15) is 14.4 Å². The molecule has 0 saturated carbocycles. The molecule has 1 aliphatic heterocycles. The average molecular weight is 394 g/mol. The number of carbonyl (C=O) groups is 3. The van der Waals surface area contributed by atoms with E-state index in [0.29, 0.717) is 21.2 Å². The SMILES string of the molecule is O=C1NC(=O)/C(=C/c2cc(Cl)ccc2OC(=O)c2ccc(Cl)cc2)S1. The minimum Gasteiger partial charge on any atom is -0.422 e. The lowest BCUT2D eigenvalue weighted by Crippen LogP contribution is -2.17. The summed E-state index contributed by atoms with van der Waals surface area (Å²) in [5.74, 6) is -0.882. The van der Waals surface area contributed by atoms with Crippen LogP contribution in [0.4, 0.5) is 4.79 Å². The number of hydrogen-bond donors (Lipinski definition) is 1. The Morgan fingerprint density at radius 1 is 1.04 bits per heavy atom. The first-order chi connectivity index (χ1) is 11.9. The lowest BCUT2D eigenvalue weighted by Gasteiger charge is -2.08. The van der Waals surface area contributed by atoms with Crippen LogP contribution >= 0.6 is 35.0 Å². The second-order valence-corrected chi connectivity index (χ2v) is 6.82. The molecule has 126 valence electrons. The van der Waals surface area contributed by atoms with Crippen molar-refractivity contribution in [1.29, 1.82) is 0 Å². The Labute approximate surface area is 156 Å². The van der Waals surface area contributed by atoms with Crippen LogP contribution in [0.15, 0.2) is 47.4 Å². The van der Waals surface area contributed by atoms with Crippen molar-refractivity contribution < 1.29 is 19.1 Å². The summed E-state index contributed by atoms with van der Waals surface area (Å²) in [6.07, 6.45) is 1.45. The van der Waals surface area contributed by atoms with Crippen LogP contribution in [-0.4, -0.2) is 17.1 Å². The molecule has 0 atom stereocenters. The number of halogens is 2. The summed E-state index contributed by atoms with van der Waals surface area (Å²) in [5, 5.41) is 2.59. The molecule has 2 aromatic carbocycles. The summed E-state index contributed by atoms with van der Waals surface area (Å²) in [6, 6.07) is 10.8. The summed E-state index contributed by atoms with van der Waals surface area (Å²) in [6.45, 7) is 0. The van der Waals surface area contributed by atoms with E-state index < -0.39 is 17.1 Å². The van der Waals surface area contributed by atoms with E-state index in [2.05, 4.69) is 5.32 Å². The molecule has 3 rings (SSSR count). The minimum absolute atomic E-state index is 0.191. The fourth-order valence-electron chi connectivity index (χ4n) is 2.03. The van der Waals surface area contributed by atoms with Gasteiger partial charge in [0, 0.05) is 15.6 Å². The zero-order valence-corrected chi connectivity index (χ0v) is 14.7.